The Morgan fingerprint density at radius 3 is 2.39 bits per heavy atom. The number of nitrogens with one attached hydrogen (secondary N) is 1. The summed E-state index contributed by atoms with van der Waals surface area (Å²) in [5, 5.41) is 3.04. The summed E-state index contributed by atoms with van der Waals surface area (Å²) in [6.07, 6.45) is 2.42. The number of aromatic nitrogens is 2. The zero-order valence-electron chi connectivity index (χ0n) is 23.3. The molecule has 1 aliphatic heterocycles. The number of para-hydroxylation sites is 1. The van der Waals surface area contributed by atoms with Crippen LogP contribution in [0.3, 0.4) is 0 Å². The molecule has 0 atom stereocenters. The van der Waals surface area contributed by atoms with Gasteiger partial charge in [0.1, 0.15) is 5.69 Å². The quantitative estimate of drug-likeness (QED) is 0.273. The maximum Gasteiger partial charge on any atom is 0.267 e. The Morgan fingerprint density at radius 1 is 0.805 bits per heavy atom. The molecular weight excluding hydrogens is 508 g/mol. The zero-order chi connectivity index (χ0) is 28.3. The fraction of sp³-hybridized carbons (Fsp3) is 0.171. The highest BCUT2D eigenvalue weighted by Gasteiger charge is 2.27. The number of fused-ring (bicyclic) bond motifs is 2. The molecule has 204 valence electrons. The van der Waals surface area contributed by atoms with Crippen LogP contribution in [0.5, 0.6) is 0 Å². The highest BCUT2D eigenvalue weighted by Crippen LogP contribution is 2.32. The molecule has 2 aromatic heterocycles. The van der Waals surface area contributed by atoms with E-state index in [0.717, 1.165) is 33.8 Å². The van der Waals surface area contributed by atoms with Gasteiger partial charge in [-0.15, -0.1) is 0 Å². The lowest BCUT2D eigenvalue weighted by Crippen LogP contribution is -2.31. The standard InChI is InChI=1S/C35H32N4O2/c1-24-9-3-5-12-30(24)31-16-14-26(21-25(31)2)35(41)39-23-29-15-17-33(38(29)22-27-10-4-6-13-32(27)39)34(40)37-20-18-28-11-7-8-19-36-28/h3-17,19,21H,18,20,22-23H2,1-2H3,(H,37,40). The second-order valence-electron chi connectivity index (χ2n) is 10.5. The number of anilines is 1. The van der Waals surface area contributed by atoms with Crippen molar-refractivity contribution >= 4 is 17.5 Å². The van der Waals surface area contributed by atoms with Crippen LogP contribution in [0.4, 0.5) is 5.69 Å². The molecule has 0 saturated carbocycles. The molecule has 0 saturated heterocycles. The van der Waals surface area contributed by atoms with Crippen LogP contribution in [0.25, 0.3) is 11.1 Å². The van der Waals surface area contributed by atoms with Crippen LogP contribution in [-0.2, 0) is 19.5 Å². The van der Waals surface area contributed by atoms with E-state index < -0.39 is 0 Å². The predicted molar refractivity (Wildman–Crippen MR) is 162 cm³/mol. The van der Waals surface area contributed by atoms with Crippen LogP contribution in [0.1, 0.15) is 48.9 Å². The third kappa shape index (κ3) is 5.29. The number of carbonyl (C=O) groups is 2. The fourth-order valence-electron chi connectivity index (χ4n) is 5.61. The molecule has 0 bridgehead atoms. The highest BCUT2D eigenvalue weighted by molar-refractivity contribution is 6.07. The lowest BCUT2D eigenvalue weighted by atomic mass is 9.95. The molecule has 6 nitrogen and oxygen atoms in total. The van der Waals surface area contributed by atoms with Crippen molar-refractivity contribution in [2.75, 3.05) is 11.4 Å². The minimum atomic E-state index is -0.133. The Balaban J connectivity index is 1.27. The summed E-state index contributed by atoms with van der Waals surface area (Å²) in [6.45, 7) is 5.53. The minimum Gasteiger partial charge on any atom is -0.350 e. The van der Waals surface area contributed by atoms with E-state index in [1.807, 2.05) is 94.4 Å². The van der Waals surface area contributed by atoms with Gasteiger partial charge in [-0.1, -0.05) is 54.6 Å². The Labute approximate surface area is 240 Å². The van der Waals surface area contributed by atoms with Crippen molar-refractivity contribution in [2.24, 2.45) is 0 Å². The predicted octanol–water partition coefficient (Wildman–Crippen LogP) is 6.35. The molecule has 0 unspecified atom stereocenters. The van der Waals surface area contributed by atoms with Gasteiger partial charge in [-0.05, 0) is 84.1 Å². The molecule has 3 heterocycles. The van der Waals surface area contributed by atoms with E-state index in [9.17, 15) is 9.59 Å². The number of amides is 2. The number of rotatable bonds is 6. The number of hydrogen-bond acceptors (Lipinski definition) is 3. The summed E-state index contributed by atoms with van der Waals surface area (Å²) >= 11 is 0. The number of aryl methyl sites for hydroxylation is 2. The lowest BCUT2D eigenvalue weighted by molar-refractivity contribution is 0.0944. The van der Waals surface area contributed by atoms with Gasteiger partial charge in [0.15, 0.2) is 0 Å². The molecule has 41 heavy (non-hydrogen) atoms. The van der Waals surface area contributed by atoms with Crippen molar-refractivity contribution < 1.29 is 9.59 Å². The normalized spacial score (nSPS) is 12.3. The van der Waals surface area contributed by atoms with Gasteiger partial charge < -0.3 is 14.8 Å². The number of pyridine rings is 1. The van der Waals surface area contributed by atoms with E-state index in [0.29, 0.717) is 37.3 Å². The van der Waals surface area contributed by atoms with Gasteiger partial charge in [0, 0.05) is 41.8 Å². The Bertz CT molecular complexity index is 1740. The third-order valence-electron chi connectivity index (χ3n) is 7.78. The van der Waals surface area contributed by atoms with Crippen molar-refractivity contribution in [1.29, 1.82) is 0 Å². The first-order valence-electron chi connectivity index (χ1n) is 13.9. The number of carbonyl (C=O) groups excluding carboxylic acids is 2. The summed E-state index contributed by atoms with van der Waals surface area (Å²) in [4.78, 5) is 33.4. The molecule has 2 amide bonds. The van der Waals surface area contributed by atoms with E-state index in [-0.39, 0.29) is 11.8 Å². The van der Waals surface area contributed by atoms with Gasteiger partial charge in [0.2, 0.25) is 0 Å². The Morgan fingerprint density at radius 2 is 1.59 bits per heavy atom. The van der Waals surface area contributed by atoms with Gasteiger partial charge >= 0.3 is 0 Å². The first kappa shape index (κ1) is 26.3. The molecule has 6 rings (SSSR count). The first-order chi connectivity index (χ1) is 20.0. The van der Waals surface area contributed by atoms with Gasteiger partial charge in [0.25, 0.3) is 11.8 Å². The molecule has 6 heteroatoms. The van der Waals surface area contributed by atoms with Crippen LogP contribution in [-0.4, -0.2) is 27.9 Å². The van der Waals surface area contributed by atoms with Crippen molar-refractivity contribution in [3.05, 3.63) is 143 Å². The average molecular weight is 541 g/mol. The maximum absolute atomic E-state index is 14.0. The van der Waals surface area contributed by atoms with E-state index in [1.165, 1.54) is 11.1 Å². The van der Waals surface area contributed by atoms with Crippen molar-refractivity contribution in [3.8, 4) is 11.1 Å². The van der Waals surface area contributed by atoms with E-state index in [1.54, 1.807) is 6.20 Å². The number of benzene rings is 3. The van der Waals surface area contributed by atoms with E-state index >= 15 is 0 Å². The van der Waals surface area contributed by atoms with Crippen LogP contribution >= 0.6 is 0 Å². The van der Waals surface area contributed by atoms with Gasteiger partial charge in [0.05, 0.1) is 13.1 Å². The Kier molecular flexibility index (Phi) is 7.21. The number of nitrogens with zero attached hydrogens (tertiary/aromatic N) is 3. The van der Waals surface area contributed by atoms with Crippen molar-refractivity contribution in [3.63, 3.8) is 0 Å². The van der Waals surface area contributed by atoms with Crippen LogP contribution in [0.2, 0.25) is 0 Å². The third-order valence-corrected chi connectivity index (χ3v) is 7.78. The summed E-state index contributed by atoms with van der Waals surface area (Å²) in [6, 6.07) is 31.8. The lowest BCUT2D eigenvalue weighted by Gasteiger charge is -2.23. The summed E-state index contributed by atoms with van der Waals surface area (Å²) < 4.78 is 2.02. The molecule has 0 radical (unpaired) electrons. The highest BCUT2D eigenvalue weighted by atomic mass is 16.2. The molecule has 0 fully saturated rings. The first-order valence-corrected chi connectivity index (χ1v) is 13.9. The molecular formula is C35H32N4O2. The second kappa shape index (κ2) is 11.3. The minimum absolute atomic E-state index is 0.0621. The molecule has 0 spiro atoms. The van der Waals surface area contributed by atoms with E-state index in [4.69, 9.17) is 0 Å². The van der Waals surface area contributed by atoms with Crippen molar-refractivity contribution in [1.82, 2.24) is 14.9 Å². The average Bonchev–Trinajstić information content (AvgIpc) is 3.31. The van der Waals surface area contributed by atoms with Crippen LogP contribution < -0.4 is 10.2 Å². The largest absolute Gasteiger partial charge is 0.350 e. The zero-order valence-corrected chi connectivity index (χ0v) is 23.3. The van der Waals surface area contributed by atoms with E-state index in [2.05, 4.69) is 36.3 Å². The topological polar surface area (TPSA) is 67.2 Å². The summed E-state index contributed by atoms with van der Waals surface area (Å²) in [5.74, 6) is -0.195. The summed E-state index contributed by atoms with van der Waals surface area (Å²) in [5.41, 5.74) is 9.50. The smallest absolute Gasteiger partial charge is 0.267 e. The second-order valence-corrected chi connectivity index (χ2v) is 10.5. The van der Waals surface area contributed by atoms with Gasteiger partial charge in [-0.3, -0.25) is 14.6 Å². The molecule has 0 aliphatic carbocycles. The molecule has 1 N–H and O–H groups in total. The van der Waals surface area contributed by atoms with Crippen LogP contribution in [0, 0.1) is 13.8 Å². The van der Waals surface area contributed by atoms with Crippen LogP contribution in [0.15, 0.2) is 103 Å². The monoisotopic (exact) mass is 540 g/mol. The molecule has 5 aromatic rings. The SMILES string of the molecule is Cc1ccccc1-c1ccc(C(=O)N2Cc3ccc(C(=O)NCCc4ccccn4)n3Cc3ccccc32)cc1C. The Hall–Kier alpha value is -4.97. The summed E-state index contributed by atoms with van der Waals surface area (Å²) in [7, 11) is 0. The molecule has 3 aromatic carbocycles. The van der Waals surface area contributed by atoms with Gasteiger partial charge in [-0.25, -0.2) is 0 Å². The maximum atomic E-state index is 14.0. The van der Waals surface area contributed by atoms with Crippen molar-refractivity contribution in [2.45, 2.75) is 33.4 Å². The number of hydrogen-bond donors (Lipinski definition) is 1. The molecule has 1 aliphatic rings. The fourth-order valence-corrected chi connectivity index (χ4v) is 5.61. The van der Waals surface area contributed by atoms with Gasteiger partial charge in [-0.2, -0.15) is 0 Å².